The van der Waals surface area contributed by atoms with E-state index in [1.165, 1.54) is 11.3 Å². The Labute approximate surface area is 119 Å². The average Bonchev–Trinajstić information content (AvgIpc) is 2.83. The van der Waals surface area contributed by atoms with Crippen LogP contribution in [-0.2, 0) is 6.54 Å². The minimum atomic E-state index is 0. The third-order valence-corrected chi connectivity index (χ3v) is 3.71. The molecule has 1 aromatic heterocycles. The zero-order chi connectivity index (χ0) is 12.8. The van der Waals surface area contributed by atoms with E-state index in [2.05, 4.69) is 18.8 Å². The Kier molecular flexibility index (Phi) is 8.15. The van der Waals surface area contributed by atoms with Crippen LogP contribution in [-0.4, -0.2) is 28.9 Å². The van der Waals surface area contributed by atoms with Gasteiger partial charge in [-0.1, -0.05) is 20.3 Å². The van der Waals surface area contributed by atoms with Gasteiger partial charge in [0.1, 0.15) is 10.7 Å². The summed E-state index contributed by atoms with van der Waals surface area (Å²) in [6.07, 6.45) is 1.08. The molecule has 0 saturated heterocycles. The molecule has 104 valence electrons. The molecule has 6 heteroatoms. The molecular weight excluding hydrogens is 270 g/mol. The molecule has 0 aliphatic carbocycles. The number of nitrogens with zero attached hydrogens (tertiary/aromatic N) is 2. The van der Waals surface area contributed by atoms with E-state index in [0.717, 1.165) is 24.5 Å². The van der Waals surface area contributed by atoms with Crippen molar-refractivity contribution in [3.05, 3.63) is 16.1 Å². The number of hydrogen-bond donors (Lipinski definition) is 1. The highest BCUT2D eigenvalue weighted by atomic mass is 35.5. The molecule has 0 bridgehead atoms. The van der Waals surface area contributed by atoms with Gasteiger partial charge in [0.25, 0.3) is 5.91 Å². The lowest BCUT2D eigenvalue weighted by molar-refractivity contribution is 0.0735. The van der Waals surface area contributed by atoms with Crippen LogP contribution in [0.1, 0.15) is 42.7 Å². The second kappa shape index (κ2) is 8.45. The van der Waals surface area contributed by atoms with Crippen LogP contribution in [0.25, 0.3) is 0 Å². The molecule has 1 heterocycles. The van der Waals surface area contributed by atoms with Crippen LogP contribution < -0.4 is 5.73 Å². The van der Waals surface area contributed by atoms with Gasteiger partial charge in [-0.15, -0.1) is 23.7 Å². The summed E-state index contributed by atoms with van der Waals surface area (Å²) in [4.78, 5) is 18.3. The fraction of sp³-hybridized carbons (Fsp3) is 0.667. The molecule has 1 unspecified atom stereocenters. The molecule has 0 aromatic carbocycles. The summed E-state index contributed by atoms with van der Waals surface area (Å²) in [5.41, 5.74) is 6.03. The van der Waals surface area contributed by atoms with Crippen LogP contribution in [0.2, 0.25) is 0 Å². The molecule has 1 atom stereocenters. The van der Waals surface area contributed by atoms with Gasteiger partial charge in [0.2, 0.25) is 0 Å². The smallest absolute Gasteiger partial charge is 0.273 e. The number of nitrogens with two attached hydrogens (primary N) is 1. The SMILES string of the molecule is CCC(C)CN(CC)C(=O)c1csc(CN)n1.Cl. The normalized spacial score (nSPS) is 11.8. The van der Waals surface area contributed by atoms with E-state index in [-0.39, 0.29) is 18.3 Å². The van der Waals surface area contributed by atoms with E-state index in [1.807, 2.05) is 11.8 Å². The van der Waals surface area contributed by atoms with Crippen LogP contribution in [0.3, 0.4) is 0 Å². The summed E-state index contributed by atoms with van der Waals surface area (Å²) in [7, 11) is 0. The number of amides is 1. The van der Waals surface area contributed by atoms with E-state index in [4.69, 9.17) is 5.73 Å². The van der Waals surface area contributed by atoms with Gasteiger partial charge in [-0.2, -0.15) is 0 Å². The Morgan fingerprint density at radius 2 is 2.22 bits per heavy atom. The summed E-state index contributed by atoms with van der Waals surface area (Å²) >= 11 is 1.45. The average molecular weight is 292 g/mol. The van der Waals surface area contributed by atoms with Gasteiger partial charge in [-0.3, -0.25) is 4.79 Å². The summed E-state index contributed by atoms with van der Waals surface area (Å²) in [6, 6.07) is 0. The lowest BCUT2D eigenvalue weighted by Crippen LogP contribution is -2.34. The van der Waals surface area contributed by atoms with Gasteiger partial charge < -0.3 is 10.6 Å². The van der Waals surface area contributed by atoms with Crippen molar-refractivity contribution in [1.29, 1.82) is 0 Å². The largest absolute Gasteiger partial charge is 0.337 e. The molecule has 0 spiro atoms. The molecule has 1 aromatic rings. The molecule has 0 aliphatic rings. The Morgan fingerprint density at radius 1 is 1.56 bits per heavy atom. The van der Waals surface area contributed by atoms with Crippen molar-refractivity contribution < 1.29 is 4.79 Å². The fourth-order valence-corrected chi connectivity index (χ4v) is 2.17. The molecular formula is C12H22ClN3OS. The minimum Gasteiger partial charge on any atom is -0.337 e. The Hall–Kier alpha value is -0.650. The molecule has 4 nitrogen and oxygen atoms in total. The molecule has 0 radical (unpaired) electrons. The number of thiazole rings is 1. The maximum atomic E-state index is 12.2. The highest BCUT2D eigenvalue weighted by Gasteiger charge is 2.18. The Balaban J connectivity index is 0.00000289. The Morgan fingerprint density at radius 3 is 2.67 bits per heavy atom. The molecule has 18 heavy (non-hydrogen) atoms. The summed E-state index contributed by atoms with van der Waals surface area (Å²) < 4.78 is 0. The highest BCUT2D eigenvalue weighted by Crippen LogP contribution is 2.13. The van der Waals surface area contributed by atoms with Crippen LogP contribution in [0.15, 0.2) is 5.38 Å². The first-order chi connectivity index (χ1) is 8.12. The van der Waals surface area contributed by atoms with Crippen molar-refractivity contribution in [2.45, 2.75) is 33.7 Å². The van der Waals surface area contributed by atoms with Crippen molar-refractivity contribution in [3.8, 4) is 0 Å². The standard InChI is InChI=1S/C12H21N3OS.ClH/c1-4-9(3)7-15(5-2)12(16)10-8-17-11(6-13)14-10;/h8-9H,4-7,13H2,1-3H3;1H. The highest BCUT2D eigenvalue weighted by molar-refractivity contribution is 7.09. The monoisotopic (exact) mass is 291 g/mol. The van der Waals surface area contributed by atoms with Crippen molar-refractivity contribution in [1.82, 2.24) is 9.88 Å². The van der Waals surface area contributed by atoms with Gasteiger partial charge in [-0.05, 0) is 12.8 Å². The van der Waals surface area contributed by atoms with E-state index in [1.54, 1.807) is 5.38 Å². The van der Waals surface area contributed by atoms with Gasteiger partial charge in [-0.25, -0.2) is 4.98 Å². The van der Waals surface area contributed by atoms with Crippen LogP contribution in [0.5, 0.6) is 0 Å². The fourth-order valence-electron chi connectivity index (χ4n) is 1.53. The number of aromatic nitrogens is 1. The van der Waals surface area contributed by atoms with Crippen LogP contribution >= 0.6 is 23.7 Å². The second-order valence-electron chi connectivity index (χ2n) is 4.19. The van der Waals surface area contributed by atoms with Crippen LogP contribution in [0.4, 0.5) is 0 Å². The minimum absolute atomic E-state index is 0. The van der Waals surface area contributed by atoms with Crippen molar-refractivity contribution >= 4 is 29.7 Å². The predicted octanol–water partition coefficient (Wildman–Crippen LogP) is 2.53. The first kappa shape index (κ1) is 17.4. The predicted molar refractivity (Wildman–Crippen MR) is 78.3 cm³/mol. The van der Waals surface area contributed by atoms with E-state index < -0.39 is 0 Å². The number of carbonyl (C=O) groups is 1. The lowest BCUT2D eigenvalue weighted by atomic mass is 10.1. The molecule has 2 N–H and O–H groups in total. The molecule has 0 fully saturated rings. The van der Waals surface area contributed by atoms with E-state index in [0.29, 0.717) is 18.2 Å². The summed E-state index contributed by atoms with van der Waals surface area (Å²) in [5, 5.41) is 2.61. The third kappa shape index (κ3) is 4.55. The van der Waals surface area contributed by atoms with Crippen molar-refractivity contribution in [2.24, 2.45) is 11.7 Å². The third-order valence-electron chi connectivity index (χ3n) is 2.84. The molecule has 0 saturated carbocycles. The number of carbonyl (C=O) groups excluding carboxylic acids is 1. The van der Waals surface area contributed by atoms with Gasteiger partial charge in [0.15, 0.2) is 0 Å². The van der Waals surface area contributed by atoms with Crippen LogP contribution in [0, 0.1) is 5.92 Å². The number of rotatable bonds is 6. The van der Waals surface area contributed by atoms with Gasteiger partial charge >= 0.3 is 0 Å². The van der Waals surface area contributed by atoms with Gasteiger partial charge in [0, 0.05) is 25.0 Å². The van der Waals surface area contributed by atoms with Gasteiger partial charge in [0.05, 0.1) is 0 Å². The topological polar surface area (TPSA) is 59.2 Å². The Bertz CT molecular complexity index is 370. The van der Waals surface area contributed by atoms with E-state index in [9.17, 15) is 4.79 Å². The summed E-state index contributed by atoms with van der Waals surface area (Å²) in [6.45, 7) is 8.20. The maximum absolute atomic E-state index is 12.2. The van der Waals surface area contributed by atoms with Crippen molar-refractivity contribution in [2.75, 3.05) is 13.1 Å². The molecule has 1 rings (SSSR count). The quantitative estimate of drug-likeness (QED) is 0.876. The zero-order valence-corrected chi connectivity index (χ0v) is 12.8. The number of hydrogen-bond acceptors (Lipinski definition) is 4. The first-order valence-corrected chi connectivity index (χ1v) is 6.94. The maximum Gasteiger partial charge on any atom is 0.273 e. The molecule has 1 amide bonds. The lowest BCUT2D eigenvalue weighted by Gasteiger charge is -2.23. The molecule has 0 aliphatic heterocycles. The second-order valence-corrected chi connectivity index (χ2v) is 5.13. The van der Waals surface area contributed by atoms with E-state index >= 15 is 0 Å². The zero-order valence-electron chi connectivity index (χ0n) is 11.2. The van der Waals surface area contributed by atoms with Crippen molar-refractivity contribution in [3.63, 3.8) is 0 Å². The first-order valence-electron chi connectivity index (χ1n) is 6.06. The summed E-state index contributed by atoms with van der Waals surface area (Å²) in [5.74, 6) is 0.537. The number of halogens is 1.